The molecule has 0 radical (unpaired) electrons. The van der Waals surface area contributed by atoms with Crippen LogP contribution in [0.4, 0.5) is 0 Å². The van der Waals surface area contributed by atoms with Gasteiger partial charge < -0.3 is 14.4 Å². The quantitative estimate of drug-likeness (QED) is 0.481. The summed E-state index contributed by atoms with van der Waals surface area (Å²) < 4.78 is 12.1. The maximum absolute atomic E-state index is 12.9. The number of carbonyl (C=O) groups excluding carboxylic acids is 1. The van der Waals surface area contributed by atoms with Crippen LogP contribution in [-0.2, 0) is 13.0 Å². The normalized spacial score (nSPS) is 14.1. The van der Waals surface area contributed by atoms with Gasteiger partial charge in [-0.05, 0) is 50.5 Å². The van der Waals surface area contributed by atoms with Crippen molar-refractivity contribution in [1.82, 2.24) is 4.90 Å². The fraction of sp³-hybridized carbons (Fsp3) is 0.500. The van der Waals surface area contributed by atoms with Gasteiger partial charge in [-0.1, -0.05) is 51.0 Å². The van der Waals surface area contributed by atoms with Gasteiger partial charge in [-0.3, -0.25) is 4.79 Å². The lowest BCUT2D eigenvalue weighted by Gasteiger charge is -2.22. The zero-order valence-electron chi connectivity index (χ0n) is 18.9. The second-order valence-corrected chi connectivity index (χ2v) is 8.77. The van der Waals surface area contributed by atoms with Crippen molar-refractivity contribution in [2.75, 3.05) is 13.1 Å². The standard InChI is InChI=1S/C26H35NO3/c1-5-7-16-27(17-8-6-2)25(28)21-14-12-20(13-15-21)19-29-23-11-9-10-22-18-26(3,4)30-24(22)23/h9-15H,5-8,16-19H2,1-4H3. The summed E-state index contributed by atoms with van der Waals surface area (Å²) in [6.45, 7) is 10.6. The maximum Gasteiger partial charge on any atom is 0.253 e. The molecule has 0 aromatic heterocycles. The molecule has 0 N–H and O–H groups in total. The van der Waals surface area contributed by atoms with Crippen molar-refractivity contribution in [3.05, 3.63) is 59.2 Å². The summed E-state index contributed by atoms with van der Waals surface area (Å²) in [5, 5.41) is 0. The number of para-hydroxylation sites is 1. The van der Waals surface area contributed by atoms with Gasteiger partial charge in [0.15, 0.2) is 11.5 Å². The van der Waals surface area contributed by atoms with Crippen molar-refractivity contribution in [1.29, 1.82) is 0 Å². The molecule has 1 aliphatic heterocycles. The average molecular weight is 410 g/mol. The van der Waals surface area contributed by atoms with Crippen molar-refractivity contribution in [3.63, 3.8) is 0 Å². The van der Waals surface area contributed by atoms with Gasteiger partial charge in [0.2, 0.25) is 0 Å². The fourth-order valence-electron chi connectivity index (χ4n) is 3.80. The van der Waals surface area contributed by atoms with E-state index in [1.165, 1.54) is 5.56 Å². The SMILES string of the molecule is CCCCN(CCCC)C(=O)c1ccc(COc2cccc3c2OC(C)(C)C3)cc1. The number of carbonyl (C=O) groups is 1. The summed E-state index contributed by atoms with van der Waals surface area (Å²) in [5.74, 6) is 1.77. The van der Waals surface area contributed by atoms with Crippen molar-refractivity contribution in [3.8, 4) is 11.5 Å². The van der Waals surface area contributed by atoms with Crippen LogP contribution >= 0.6 is 0 Å². The van der Waals surface area contributed by atoms with Crippen molar-refractivity contribution >= 4 is 5.91 Å². The van der Waals surface area contributed by atoms with Crippen LogP contribution in [0.2, 0.25) is 0 Å². The van der Waals surface area contributed by atoms with Crippen LogP contribution in [0.25, 0.3) is 0 Å². The number of ether oxygens (including phenoxy) is 2. The van der Waals surface area contributed by atoms with Gasteiger partial charge in [0.05, 0.1) is 0 Å². The minimum Gasteiger partial charge on any atom is -0.485 e. The van der Waals surface area contributed by atoms with E-state index in [1.807, 2.05) is 41.3 Å². The lowest BCUT2D eigenvalue weighted by atomic mass is 10.0. The summed E-state index contributed by atoms with van der Waals surface area (Å²) in [6.07, 6.45) is 5.17. The van der Waals surface area contributed by atoms with E-state index in [9.17, 15) is 4.79 Å². The Morgan fingerprint density at radius 3 is 2.33 bits per heavy atom. The summed E-state index contributed by atoms with van der Waals surface area (Å²) in [6, 6.07) is 13.9. The molecule has 0 saturated carbocycles. The lowest BCUT2D eigenvalue weighted by Crippen LogP contribution is -2.32. The molecule has 0 spiro atoms. The van der Waals surface area contributed by atoms with Crippen LogP contribution in [-0.4, -0.2) is 29.5 Å². The van der Waals surface area contributed by atoms with Gasteiger partial charge in [0.1, 0.15) is 12.2 Å². The van der Waals surface area contributed by atoms with Crippen molar-refractivity contribution in [2.45, 2.75) is 72.0 Å². The number of rotatable bonds is 10. The summed E-state index contributed by atoms with van der Waals surface area (Å²) in [7, 11) is 0. The Labute approximate surface area is 181 Å². The van der Waals surface area contributed by atoms with Gasteiger partial charge >= 0.3 is 0 Å². The van der Waals surface area contributed by atoms with E-state index in [2.05, 4.69) is 33.8 Å². The molecule has 0 bridgehead atoms. The smallest absolute Gasteiger partial charge is 0.253 e. The summed E-state index contributed by atoms with van der Waals surface area (Å²) in [4.78, 5) is 14.9. The second-order valence-electron chi connectivity index (χ2n) is 8.77. The van der Waals surface area contributed by atoms with E-state index in [1.54, 1.807) is 0 Å². The van der Waals surface area contributed by atoms with Gasteiger partial charge in [-0.25, -0.2) is 0 Å². The number of fused-ring (bicyclic) bond motifs is 1. The Morgan fingerprint density at radius 2 is 1.70 bits per heavy atom. The van der Waals surface area contributed by atoms with E-state index in [0.29, 0.717) is 6.61 Å². The third-order valence-electron chi connectivity index (χ3n) is 5.50. The number of hydrogen-bond donors (Lipinski definition) is 0. The van der Waals surface area contributed by atoms with E-state index in [-0.39, 0.29) is 11.5 Å². The molecule has 1 aliphatic rings. The molecule has 4 nitrogen and oxygen atoms in total. The monoisotopic (exact) mass is 409 g/mol. The van der Waals surface area contributed by atoms with Gasteiger partial charge in [0, 0.05) is 30.6 Å². The highest BCUT2D eigenvalue weighted by Gasteiger charge is 2.32. The number of hydrogen-bond acceptors (Lipinski definition) is 3. The molecule has 3 rings (SSSR count). The van der Waals surface area contributed by atoms with Crippen LogP contribution in [0.5, 0.6) is 11.5 Å². The summed E-state index contributed by atoms with van der Waals surface area (Å²) in [5.41, 5.74) is 2.79. The van der Waals surface area contributed by atoms with E-state index in [4.69, 9.17) is 9.47 Å². The second kappa shape index (κ2) is 10.0. The first-order valence-corrected chi connectivity index (χ1v) is 11.3. The molecule has 0 atom stereocenters. The Morgan fingerprint density at radius 1 is 1.03 bits per heavy atom. The molecule has 1 heterocycles. The Kier molecular flexibility index (Phi) is 7.41. The van der Waals surface area contributed by atoms with Crippen LogP contribution in [0.15, 0.2) is 42.5 Å². The fourth-order valence-corrected chi connectivity index (χ4v) is 3.80. The Hall–Kier alpha value is -2.49. The Bertz CT molecular complexity index is 834. The van der Waals surface area contributed by atoms with Crippen LogP contribution < -0.4 is 9.47 Å². The van der Waals surface area contributed by atoms with Gasteiger partial charge in [-0.2, -0.15) is 0 Å². The molecule has 0 unspecified atom stereocenters. The number of benzene rings is 2. The molecule has 0 fully saturated rings. The molecule has 30 heavy (non-hydrogen) atoms. The highest BCUT2D eigenvalue weighted by molar-refractivity contribution is 5.94. The summed E-state index contributed by atoms with van der Waals surface area (Å²) >= 11 is 0. The van der Waals surface area contributed by atoms with Crippen LogP contribution in [0, 0.1) is 0 Å². The van der Waals surface area contributed by atoms with Crippen molar-refractivity contribution in [2.24, 2.45) is 0 Å². The largest absolute Gasteiger partial charge is 0.485 e. The lowest BCUT2D eigenvalue weighted by molar-refractivity contribution is 0.0751. The van der Waals surface area contributed by atoms with Crippen LogP contribution in [0.3, 0.4) is 0 Å². The topological polar surface area (TPSA) is 38.8 Å². The van der Waals surface area contributed by atoms with Crippen LogP contribution in [0.1, 0.15) is 74.9 Å². The molecule has 162 valence electrons. The number of amides is 1. The molecule has 2 aromatic rings. The predicted molar refractivity (Wildman–Crippen MR) is 121 cm³/mol. The molecule has 0 aliphatic carbocycles. The Balaban J connectivity index is 1.63. The number of nitrogens with zero attached hydrogens (tertiary/aromatic N) is 1. The van der Waals surface area contributed by atoms with Gasteiger partial charge in [-0.15, -0.1) is 0 Å². The predicted octanol–water partition coefficient (Wildman–Crippen LogP) is 6.02. The molecular formula is C26H35NO3. The molecule has 4 heteroatoms. The number of unbranched alkanes of at least 4 members (excludes halogenated alkanes) is 2. The van der Waals surface area contributed by atoms with Crippen molar-refractivity contribution < 1.29 is 14.3 Å². The zero-order valence-corrected chi connectivity index (χ0v) is 18.9. The van der Waals surface area contributed by atoms with E-state index < -0.39 is 0 Å². The van der Waals surface area contributed by atoms with E-state index >= 15 is 0 Å². The highest BCUT2D eigenvalue weighted by Crippen LogP contribution is 2.41. The third kappa shape index (κ3) is 5.56. The highest BCUT2D eigenvalue weighted by atomic mass is 16.5. The van der Waals surface area contributed by atoms with E-state index in [0.717, 1.165) is 67.8 Å². The molecular weight excluding hydrogens is 374 g/mol. The molecule has 1 amide bonds. The molecule has 2 aromatic carbocycles. The minimum atomic E-state index is -0.189. The zero-order chi connectivity index (χ0) is 21.6. The molecule has 0 saturated heterocycles. The minimum absolute atomic E-state index is 0.126. The van der Waals surface area contributed by atoms with Gasteiger partial charge in [0.25, 0.3) is 5.91 Å². The third-order valence-corrected chi connectivity index (χ3v) is 5.50. The first kappa shape index (κ1) is 22.2. The maximum atomic E-state index is 12.9. The average Bonchev–Trinajstić information content (AvgIpc) is 3.06. The first-order chi connectivity index (χ1) is 14.4. The first-order valence-electron chi connectivity index (χ1n) is 11.3.